The standard InChI is InChI=1S/C15H20O2/c1-11-10-17-8-7-15(11,16)14-6-5-12-3-2-4-13(12)9-14/h5-6,9,11,16H,2-4,7-8,10H2,1H3. The van der Waals surface area contributed by atoms with Crippen molar-refractivity contribution in [3.63, 3.8) is 0 Å². The highest BCUT2D eigenvalue weighted by atomic mass is 16.5. The van der Waals surface area contributed by atoms with E-state index in [2.05, 4.69) is 25.1 Å². The highest BCUT2D eigenvalue weighted by molar-refractivity contribution is 5.38. The number of hydrogen-bond acceptors (Lipinski definition) is 2. The van der Waals surface area contributed by atoms with Gasteiger partial charge in [-0.25, -0.2) is 0 Å². The van der Waals surface area contributed by atoms with Gasteiger partial charge in [-0.1, -0.05) is 25.1 Å². The molecule has 2 heteroatoms. The molecule has 1 aromatic carbocycles. The van der Waals surface area contributed by atoms with Gasteiger partial charge in [0.2, 0.25) is 0 Å². The normalized spacial score (nSPS) is 32.5. The summed E-state index contributed by atoms with van der Waals surface area (Å²) >= 11 is 0. The van der Waals surface area contributed by atoms with Crippen molar-refractivity contribution < 1.29 is 9.84 Å². The van der Waals surface area contributed by atoms with E-state index in [1.54, 1.807) is 0 Å². The zero-order valence-corrected chi connectivity index (χ0v) is 10.4. The Bertz CT molecular complexity index is 427. The molecule has 3 rings (SSSR count). The van der Waals surface area contributed by atoms with Gasteiger partial charge in [0.25, 0.3) is 0 Å². The molecule has 1 aromatic rings. The van der Waals surface area contributed by atoms with E-state index in [0.29, 0.717) is 19.6 Å². The minimum Gasteiger partial charge on any atom is -0.385 e. The Labute approximate surface area is 103 Å². The van der Waals surface area contributed by atoms with Crippen molar-refractivity contribution in [1.82, 2.24) is 0 Å². The van der Waals surface area contributed by atoms with Crippen LogP contribution >= 0.6 is 0 Å². The molecule has 1 aliphatic carbocycles. The molecular formula is C15H20O2. The lowest BCUT2D eigenvalue weighted by atomic mass is 9.78. The van der Waals surface area contributed by atoms with Gasteiger partial charge in [-0.15, -0.1) is 0 Å². The summed E-state index contributed by atoms with van der Waals surface area (Å²) in [7, 11) is 0. The maximum atomic E-state index is 10.9. The molecule has 0 amide bonds. The Kier molecular flexibility index (Phi) is 2.72. The lowest BCUT2D eigenvalue weighted by Crippen LogP contribution is -2.41. The first-order valence-electron chi connectivity index (χ1n) is 6.62. The fourth-order valence-electron chi connectivity index (χ4n) is 3.14. The zero-order chi connectivity index (χ0) is 11.9. The summed E-state index contributed by atoms with van der Waals surface area (Å²) in [6.45, 7) is 3.40. The maximum Gasteiger partial charge on any atom is 0.0965 e. The van der Waals surface area contributed by atoms with E-state index >= 15 is 0 Å². The fraction of sp³-hybridized carbons (Fsp3) is 0.600. The van der Waals surface area contributed by atoms with Gasteiger partial charge in [0.05, 0.1) is 12.2 Å². The van der Waals surface area contributed by atoms with Crippen molar-refractivity contribution in [2.45, 2.75) is 38.2 Å². The lowest BCUT2D eigenvalue weighted by molar-refractivity contribution is -0.111. The van der Waals surface area contributed by atoms with Crippen LogP contribution in [-0.4, -0.2) is 18.3 Å². The molecule has 0 aromatic heterocycles. The van der Waals surface area contributed by atoms with Crippen LogP contribution in [-0.2, 0) is 23.2 Å². The highest BCUT2D eigenvalue weighted by Gasteiger charge is 2.38. The Balaban J connectivity index is 1.97. The van der Waals surface area contributed by atoms with Gasteiger partial charge in [-0.05, 0) is 36.0 Å². The first-order chi connectivity index (χ1) is 8.20. The van der Waals surface area contributed by atoms with Crippen LogP contribution in [0.5, 0.6) is 0 Å². The fourth-order valence-corrected chi connectivity index (χ4v) is 3.14. The van der Waals surface area contributed by atoms with Crippen LogP contribution in [0.3, 0.4) is 0 Å². The van der Waals surface area contributed by atoms with Crippen LogP contribution in [0.4, 0.5) is 0 Å². The van der Waals surface area contributed by atoms with Gasteiger partial charge in [0, 0.05) is 18.9 Å². The van der Waals surface area contributed by atoms with Crippen LogP contribution in [0.25, 0.3) is 0 Å². The number of rotatable bonds is 1. The second kappa shape index (κ2) is 4.11. The number of fused-ring (bicyclic) bond motifs is 1. The third kappa shape index (κ3) is 1.80. The van der Waals surface area contributed by atoms with Gasteiger partial charge < -0.3 is 9.84 Å². The Morgan fingerprint density at radius 3 is 2.94 bits per heavy atom. The first-order valence-corrected chi connectivity index (χ1v) is 6.62. The molecule has 1 fully saturated rings. The molecule has 1 saturated heterocycles. The molecule has 2 nitrogen and oxygen atoms in total. The molecule has 17 heavy (non-hydrogen) atoms. The van der Waals surface area contributed by atoms with E-state index in [-0.39, 0.29) is 5.92 Å². The average molecular weight is 232 g/mol. The number of aliphatic hydroxyl groups is 1. The molecule has 0 radical (unpaired) electrons. The van der Waals surface area contributed by atoms with Gasteiger partial charge in [0.15, 0.2) is 0 Å². The molecule has 2 atom stereocenters. The number of benzene rings is 1. The largest absolute Gasteiger partial charge is 0.385 e. The van der Waals surface area contributed by atoms with Crippen LogP contribution in [0, 0.1) is 5.92 Å². The summed E-state index contributed by atoms with van der Waals surface area (Å²) < 4.78 is 5.43. The molecule has 0 bridgehead atoms. The van der Waals surface area contributed by atoms with E-state index in [0.717, 1.165) is 5.56 Å². The number of ether oxygens (including phenoxy) is 1. The minimum absolute atomic E-state index is 0.177. The summed E-state index contributed by atoms with van der Waals surface area (Å²) in [6, 6.07) is 6.55. The van der Waals surface area contributed by atoms with E-state index in [4.69, 9.17) is 4.74 Å². The lowest BCUT2D eigenvalue weighted by Gasteiger charge is -2.38. The first kappa shape index (κ1) is 11.2. The predicted molar refractivity (Wildman–Crippen MR) is 67.0 cm³/mol. The van der Waals surface area contributed by atoms with Crippen molar-refractivity contribution in [2.75, 3.05) is 13.2 Å². The van der Waals surface area contributed by atoms with Crippen LogP contribution in [0.1, 0.15) is 36.5 Å². The summed E-state index contributed by atoms with van der Waals surface area (Å²) in [5.74, 6) is 0.177. The predicted octanol–water partition coefficient (Wildman–Crippen LogP) is 2.42. The van der Waals surface area contributed by atoms with Crippen molar-refractivity contribution >= 4 is 0 Å². The third-order valence-corrected chi connectivity index (χ3v) is 4.41. The SMILES string of the molecule is CC1COCCC1(O)c1ccc2c(c1)CCC2. The quantitative estimate of drug-likeness (QED) is 0.805. The third-order valence-electron chi connectivity index (χ3n) is 4.41. The molecule has 1 aliphatic heterocycles. The number of aryl methyl sites for hydroxylation is 2. The van der Waals surface area contributed by atoms with Gasteiger partial charge in [0.1, 0.15) is 0 Å². The van der Waals surface area contributed by atoms with E-state index in [9.17, 15) is 5.11 Å². The van der Waals surface area contributed by atoms with Gasteiger partial charge in [-0.3, -0.25) is 0 Å². The second-order valence-corrected chi connectivity index (χ2v) is 5.49. The van der Waals surface area contributed by atoms with Crippen LogP contribution < -0.4 is 0 Å². The van der Waals surface area contributed by atoms with Crippen molar-refractivity contribution in [3.05, 3.63) is 34.9 Å². The monoisotopic (exact) mass is 232 g/mol. The Morgan fingerprint density at radius 2 is 2.12 bits per heavy atom. The molecule has 0 spiro atoms. The smallest absolute Gasteiger partial charge is 0.0965 e. The average Bonchev–Trinajstić information content (AvgIpc) is 2.80. The van der Waals surface area contributed by atoms with Crippen LogP contribution in [0.15, 0.2) is 18.2 Å². The zero-order valence-electron chi connectivity index (χ0n) is 10.4. The highest BCUT2D eigenvalue weighted by Crippen LogP contribution is 2.38. The molecule has 92 valence electrons. The van der Waals surface area contributed by atoms with E-state index in [1.165, 1.54) is 30.4 Å². The topological polar surface area (TPSA) is 29.5 Å². The maximum absolute atomic E-state index is 10.9. The van der Waals surface area contributed by atoms with E-state index < -0.39 is 5.60 Å². The summed E-state index contributed by atoms with van der Waals surface area (Å²) in [5.41, 5.74) is 3.32. The molecule has 2 aliphatic rings. The number of hydrogen-bond donors (Lipinski definition) is 1. The molecule has 2 unspecified atom stereocenters. The minimum atomic E-state index is -0.685. The van der Waals surface area contributed by atoms with Gasteiger partial charge >= 0.3 is 0 Å². The van der Waals surface area contributed by atoms with Crippen molar-refractivity contribution in [1.29, 1.82) is 0 Å². The summed E-state index contributed by atoms with van der Waals surface area (Å²) in [5, 5.41) is 10.9. The Hall–Kier alpha value is -0.860. The van der Waals surface area contributed by atoms with Gasteiger partial charge in [-0.2, -0.15) is 0 Å². The van der Waals surface area contributed by atoms with Crippen LogP contribution in [0.2, 0.25) is 0 Å². The summed E-state index contributed by atoms with van der Waals surface area (Å²) in [6.07, 6.45) is 4.35. The Morgan fingerprint density at radius 1 is 1.29 bits per heavy atom. The molecule has 1 heterocycles. The second-order valence-electron chi connectivity index (χ2n) is 5.49. The molecule has 0 saturated carbocycles. The van der Waals surface area contributed by atoms with Crippen molar-refractivity contribution in [2.24, 2.45) is 5.92 Å². The van der Waals surface area contributed by atoms with E-state index in [1.807, 2.05) is 0 Å². The summed E-state index contributed by atoms with van der Waals surface area (Å²) in [4.78, 5) is 0. The molecular weight excluding hydrogens is 212 g/mol. The molecule has 1 N–H and O–H groups in total. The van der Waals surface area contributed by atoms with Crippen molar-refractivity contribution in [3.8, 4) is 0 Å².